The van der Waals surface area contributed by atoms with E-state index in [1.54, 1.807) is 6.07 Å². The molecule has 2 aromatic rings. The molecule has 1 heterocycles. The lowest BCUT2D eigenvalue weighted by Gasteiger charge is -2.10. The smallest absolute Gasteiger partial charge is 0.416 e. The van der Waals surface area contributed by atoms with Gasteiger partial charge in [-0.05, 0) is 30.3 Å². The van der Waals surface area contributed by atoms with Crippen molar-refractivity contribution in [3.8, 4) is 11.5 Å². The van der Waals surface area contributed by atoms with Gasteiger partial charge in [-0.1, -0.05) is 6.07 Å². The molecule has 2 amide bonds. The number of fused-ring (bicyclic) bond motifs is 1. The molecule has 0 saturated carbocycles. The molecule has 0 saturated heterocycles. The minimum absolute atomic E-state index is 0.0583. The van der Waals surface area contributed by atoms with Crippen LogP contribution in [-0.4, -0.2) is 18.6 Å². The van der Waals surface area contributed by atoms with Crippen molar-refractivity contribution in [2.45, 2.75) is 6.18 Å². The van der Waals surface area contributed by atoms with E-state index in [1.807, 2.05) is 0 Å². The molecule has 130 valence electrons. The summed E-state index contributed by atoms with van der Waals surface area (Å²) in [5.41, 5.74) is -0.782. The fraction of sp³-hybridized carbons (Fsp3) is 0.125. The highest BCUT2D eigenvalue weighted by atomic mass is 19.4. The van der Waals surface area contributed by atoms with Crippen molar-refractivity contribution in [3.05, 3.63) is 48.0 Å². The minimum atomic E-state index is -4.55. The van der Waals surface area contributed by atoms with Crippen molar-refractivity contribution >= 4 is 23.2 Å². The molecule has 0 bridgehead atoms. The Bertz CT molecular complexity index is 836. The Hall–Kier alpha value is -3.23. The molecule has 0 unspecified atom stereocenters. The van der Waals surface area contributed by atoms with Gasteiger partial charge in [0.25, 0.3) is 0 Å². The summed E-state index contributed by atoms with van der Waals surface area (Å²) in [5.74, 6) is -1.21. The number of rotatable bonds is 2. The number of hydrogen-bond acceptors (Lipinski definition) is 4. The van der Waals surface area contributed by atoms with Gasteiger partial charge >= 0.3 is 18.0 Å². The molecule has 25 heavy (non-hydrogen) atoms. The van der Waals surface area contributed by atoms with Crippen LogP contribution in [0.25, 0.3) is 0 Å². The topological polar surface area (TPSA) is 76.7 Å². The predicted molar refractivity (Wildman–Crippen MR) is 81.3 cm³/mol. The van der Waals surface area contributed by atoms with Crippen LogP contribution >= 0.6 is 0 Å². The van der Waals surface area contributed by atoms with Crippen molar-refractivity contribution in [3.63, 3.8) is 0 Å². The Balaban J connectivity index is 1.66. The van der Waals surface area contributed by atoms with Gasteiger partial charge in [-0.2, -0.15) is 13.2 Å². The predicted octanol–water partition coefficient (Wildman–Crippen LogP) is 3.01. The number of alkyl halides is 3. The maximum atomic E-state index is 12.6. The first-order valence-corrected chi connectivity index (χ1v) is 7.02. The van der Waals surface area contributed by atoms with Crippen LogP contribution in [0.5, 0.6) is 11.5 Å². The largest absolute Gasteiger partial charge is 0.454 e. The Labute approximate surface area is 139 Å². The van der Waals surface area contributed by atoms with Crippen molar-refractivity contribution < 1.29 is 32.2 Å². The number of ether oxygens (including phenoxy) is 2. The summed E-state index contributed by atoms with van der Waals surface area (Å²) in [5, 5.41) is 4.45. The monoisotopic (exact) mass is 352 g/mol. The molecule has 0 fully saturated rings. The Kier molecular flexibility index (Phi) is 4.22. The zero-order chi connectivity index (χ0) is 18.0. The van der Waals surface area contributed by atoms with Gasteiger partial charge in [0.1, 0.15) is 0 Å². The third kappa shape index (κ3) is 3.82. The van der Waals surface area contributed by atoms with E-state index < -0.39 is 23.6 Å². The van der Waals surface area contributed by atoms with Crippen LogP contribution < -0.4 is 20.1 Å². The van der Waals surface area contributed by atoms with Gasteiger partial charge in [0.05, 0.1) is 5.56 Å². The molecule has 2 N–H and O–H groups in total. The maximum absolute atomic E-state index is 12.6. The molecule has 6 nitrogen and oxygen atoms in total. The van der Waals surface area contributed by atoms with Crippen LogP contribution in [0.3, 0.4) is 0 Å². The maximum Gasteiger partial charge on any atom is 0.416 e. The van der Waals surface area contributed by atoms with Gasteiger partial charge < -0.3 is 20.1 Å². The summed E-state index contributed by atoms with van der Waals surface area (Å²) in [4.78, 5) is 23.7. The van der Waals surface area contributed by atoms with E-state index in [9.17, 15) is 22.8 Å². The number of benzene rings is 2. The SMILES string of the molecule is O=C(Nc1cccc(C(F)(F)F)c1)C(=O)Nc1ccc2c(c1)OCO2. The van der Waals surface area contributed by atoms with Gasteiger partial charge in [0, 0.05) is 17.4 Å². The van der Waals surface area contributed by atoms with E-state index in [0.29, 0.717) is 11.5 Å². The fourth-order valence-electron chi connectivity index (χ4n) is 2.12. The van der Waals surface area contributed by atoms with Crippen molar-refractivity contribution in [1.82, 2.24) is 0 Å². The first kappa shape index (κ1) is 16.6. The number of carbonyl (C=O) groups is 2. The van der Waals surface area contributed by atoms with Crippen LogP contribution in [0, 0.1) is 0 Å². The highest BCUT2D eigenvalue weighted by molar-refractivity contribution is 6.43. The molecular formula is C16H11F3N2O4. The summed E-state index contributed by atoms with van der Waals surface area (Å²) in [6, 6.07) is 8.52. The molecule has 0 aliphatic carbocycles. The Morgan fingerprint density at radius 1 is 0.880 bits per heavy atom. The molecule has 0 radical (unpaired) electrons. The Morgan fingerprint density at radius 2 is 1.52 bits per heavy atom. The van der Waals surface area contributed by atoms with Gasteiger partial charge in [0.15, 0.2) is 11.5 Å². The van der Waals surface area contributed by atoms with Crippen LogP contribution in [0.4, 0.5) is 24.5 Å². The summed E-state index contributed by atoms with van der Waals surface area (Å²) < 4.78 is 48.2. The second-order valence-electron chi connectivity index (χ2n) is 5.05. The summed E-state index contributed by atoms with van der Waals surface area (Å²) in [6.45, 7) is 0.0583. The molecule has 1 aliphatic rings. The van der Waals surface area contributed by atoms with Gasteiger partial charge in [-0.3, -0.25) is 9.59 Å². The van der Waals surface area contributed by atoms with E-state index in [1.165, 1.54) is 18.2 Å². The third-order valence-electron chi connectivity index (χ3n) is 3.28. The van der Waals surface area contributed by atoms with Crippen molar-refractivity contribution in [2.75, 3.05) is 17.4 Å². The number of carbonyl (C=O) groups excluding carboxylic acids is 2. The van der Waals surface area contributed by atoms with Gasteiger partial charge in [-0.15, -0.1) is 0 Å². The summed E-state index contributed by atoms with van der Waals surface area (Å²) in [6.07, 6.45) is -4.55. The zero-order valence-electron chi connectivity index (χ0n) is 12.5. The lowest BCUT2D eigenvalue weighted by molar-refractivity contribution is -0.137. The first-order valence-electron chi connectivity index (χ1n) is 7.02. The van der Waals surface area contributed by atoms with E-state index in [2.05, 4.69) is 10.6 Å². The summed E-state index contributed by atoms with van der Waals surface area (Å²) >= 11 is 0. The normalized spacial score (nSPS) is 12.6. The number of hydrogen-bond donors (Lipinski definition) is 2. The summed E-state index contributed by atoms with van der Waals surface area (Å²) in [7, 11) is 0. The molecule has 9 heteroatoms. The van der Waals surface area contributed by atoms with Crippen molar-refractivity contribution in [1.29, 1.82) is 0 Å². The van der Waals surface area contributed by atoms with Gasteiger partial charge in [-0.25, -0.2) is 0 Å². The highest BCUT2D eigenvalue weighted by Crippen LogP contribution is 2.34. The molecule has 2 aromatic carbocycles. The minimum Gasteiger partial charge on any atom is -0.454 e. The van der Waals surface area contributed by atoms with Crippen LogP contribution in [0.1, 0.15) is 5.56 Å². The molecule has 1 aliphatic heterocycles. The molecule has 0 spiro atoms. The van der Waals surface area contributed by atoms with Crippen LogP contribution in [0.15, 0.2) is 42.5 Å². The number of amides is 2. The highest BCUT2D eigenvalue weighted by Gasteiger charge is 2.30. The molecule has 0 atom stereocenters. The molecular weight excluding hydrogens is 341 g/mol. The number of nitrogens with one attached hydrogen (secondary N) is 2. The second kappa shape index (κ2) is 6.34. The second-order valence-corrected chi connectivity index (χ2v) is 5.05. The van der Waals surface area contributed by atoms with Crippen LogP contribution in [-0.2, 0) is 15.8 Å². The standard InChI is InChI=1S/C16H11F3N2O4/c17-16(18,19)9-2-1-3-10(6-9)20-14(22)15(23)21-11-4-5-12-13(7-11)25-8-24-12/h1-7H,8H2,(H,20,22)(H,21,23). The van der Waals surface area contributed by atoms with E-state index in [-0.39, 0.29) is 18.2 Å². The zero-order valence-corrected chi connectivity index (χ0v) is 12.5. The Morgan fingerprint density at radius 3 is 2.20 bits per heavy atom. The lowest BCUT2D eigenvalue weighted by atomic mass is 10.2. The van der Waals surface area contributed by atoms with Crippen molar-refractivity contribution in [2.24, 2.45) is 0 Å². The van der Waals surface area contributed by atoms with E-state index in [0.717, 1.165) is 18.2 Å². The van der Waals surface area contributed by atoms with Crippen LogP contribution in [0.2, 0.25) is 0 Å². The molecule has 0 aromatic heterocycles. The average molecular weight is 352 g/mol. The first-order chi connectivity index (χ1) is 11.8. The number of anilines is 2. The molecule has 3 rings (SSSR count). The average Bonchev–Trinajstić information content (AvgIpc) is 3.02. The van der Waals surface area contributed by atoms with E-state index >= 15 is 0 Å². The van der Waals surface area contributed by atoms with E-state index in [4.69, 9.17) is 9.47 Å². The third-order valence-corrected chi connectivity index (χ3v) is 3.28. The fourth-order valence-corrected chi connectivity index (χ4v) is 2.12. The lowest BCUT2D eigenvalue weighted by Crippen LogP contribution is -2.29. The number of halogens is 3. The van der Waals surface area contributed by atoms with Gasteiger partial charge in [0.2, 0.25) is 6.79 Å². The quantitative estimate of drug-likeness (QED) is 0.815.